The van der Waals surface area contributed by atoms with Gasteiger partial charge in [0.25, 0.3) is 0 Å². The summed E-state index contributed by atoms with van der Waals surface area (Å²) in [6, 6.07) is 5.91. The van der Waals surface area contributed by atoms with Crippen LogP contribution in [-0.4, -0.2) is 27.8 Å². The summed E-state index contributed by atoms with van der Waals surface area (Å²) in [6.07, 6.45) is 1.84. The fourth-order valence-electron chi connectivity index (χ4n) is 1.57. The number of aryl methyl sites for hydroxylation is 1. The van der Waals surface area contributed by atoms with E-state index in [0.717, 1.165) is 23.1 Å². The van der Waals surface area contributed by atoms with Gasteiger partial charge in [0.15, 0.2) is 0 Å². The first kappa shape index (κ1) is 14.0. The lowest BCUT2D eigenvalue weighted by Crippen LogP contribution is -2.24. The van der Waals surface area contributed by atoms with E-state index in [0.29, 0.717) is 19.6 Å². The Morgan fingerprint density at radius 2 is 2.06 bits per heavy atom. The van der Waals surface area contributed by atoms with Gasteiger partial charge in [-0.3, -0.25) is 0 Å². The van der Waals surface area contributed by atoms with Gasteiger partial charge >= 0.3 is 0 Å². The molecular weight excluding hydrogens is 238 g/mol. The third kappa shape index (κ3) is 5.19. The Morgan fingerprint density at radius 1 is 1.35 bits per heavy atom. The van der Waals surface area contributed by atoms with Gasteiger partial charge in [0, 0.05) is 6.54 Å². The van der Waals surface area contributed by atoms with Crippen molar-refractivity contribution in [3.05, 3.63) is 29.3 Å². The summed E-state index contributed by atoms with van der Waals surface area (Å²) in [7, 11) is -3.10. The van der Waals surface area contributed by atoms with Crippen LogP contribution >= 0.6 is 0 Å². The van der Waals surface area contributed by atoms with Gasteiger partial charge in [0.05, 0.1) is 12.9 Å². The molecule has 1 aromatic rings. The zero-order valence-corrected chi connectivity index (χ0v) is 11.3. The number of nitrogens with one attached hydrogen (secondary N) is 1. The van der Waals surface area contributed by atoms with Gasteiger partial charge in [-0.1, -0.05) is 12.1 Å². The normalized spacial score (nSPS) is 11.5. The molecule has 0 spiro atoms. The molecule has 0 unspecified atom stereocenters. The lowest BCUT2D eigenvalue weighted by atomic mass is 10.1. The molecule has 0 aliphatic carbocycles. The third-order valence-corrected chi connectivity index (χ3v) is 3.05. The van der Waals surface area contributed by atoms with Crippen LogP contribution in [0, 0.1) is 6.92 Å². The van der Waals surface area contributed by atoms with Crippen molar-refractivity contribution in [3.63, 3.8) is 0 Å². The van der Waals surface area contributed by atoms with E-state index in [1.54, 1.807) is 0 Å². The van der Waals surface area contributed by atoms with E-state index in [-0.39, 0.29) is 0 Å². The molecule has 0 aliphatic heterocycles. The molecule has 0 saturated carbocycles. The first-order valence-electron chi connectivity index (χ1n) is 5.59. The maximum atomic E-state index is 10.9. The second kappa shape index (κ2) is 6.02. The SMILES string of the molecule is CCOc1ccc(CCNS(C)(=O)=O)cc1C. The molecule has 1 N–H and O–H groups in total. The minimum Gasteiger partial charge on any atom is -0.494 e. The molecule has 0 atom stereocenters. The van der Waals surface area contributed by atoms with Crippen molar-refractivity contribution in [2.75, 3.05) is 19.4 Å². The predicted molar refractivity (Wildman–Crippen MR) is 68.9 cm³/mol. The number of sulfonamides is 1. The number of ether oxygens (including phenoxy) is 1. The summed E-state index contributed by atoms with van der Waals surface area (Å²) in [6.45, 7) is 5.00. The Labute approximate surface area is 103 Å². The van der Waals surface area contributed by atoms with Crippen molar-refractivity contribution >= 4 is 10.0 Å². The Hall–Kier alpha value is -1.07. The Morgan fingerprint density at radius 3 is 2.59 bits per heavy atom. The molecule has 96 valence electrons. The molecule has 1 aromatic carbocycles. The largest absolute Gasteiger partial charge is 0.494 e. The summed E-state index contributed by atoms with van der Waals surface area (Å²) >= 11 is 0. The summed E-state index contributed by atoms with van der Waals surface area (Å²) in [5, 5.41) is 0. The highest BCUT2D eigenvalue weighted by Crippen LogP contribution is 2.19. The fourth-order valence-corrected chi connectivity index (χ4v) is 2.04. The molecule has 0 saturated heterocycles. The van der Waals surface area contributed by atoms with E-state index in [9.17, 15) is 8.42 Å². The zero-order valence-electron chi connectivity index (χ0n) is 10.5. The van der Waals surface area contributed by atoms with E-state index in [4.69, 9.17) is 4.74 Å². The van der Waals surface area contributed by atoms with Gasteiger partial charge in [-0.25, -0.2) is 13.1 Å². The summed E-state index contributed by atoms with van der Waals surface area (Å²) in [5.41, 5.74) is 2.17. The predicted octanol–water partition coefficient (Wildman–Crippen LogP) is 1.49. The average molecular weight is 257 g/mol. The zero-order chi connectivity index (χ0) is 12.9. The van der Waals surface area contributed by atoms with Gasteiger partial charge in [-0.2, -0.15) is 0 Å². The van der Waals surface area contributed by atoms with E-state index >= 15 is 0 Å². The highest BCUT2D eigenvalue weighted by molar-refractivity contribution is 7.88. The smallest absolute Gasteiger partial charge is 0.208 e. The van der Waals surface area contributed by atoms with Crippen LogP contribution in [0.15, 0.2) is 18.2 Å². The summed E-state index contributed by atoms with van der Waals surface area (Å²) < 4.78 is 29.7. The minimum absolute atomic E-state index is 0.423. The van der Waals surface area contributed by atoms with E-state index < -0.39 is 10.0 Å². The molecule has 0 radical (unpaired) electrons. The number of benzene rings is 1. The van der Waals surface area contributed by atoms with Crippen molar-refractivity contribution in [3.8, 4) is 5.75 Å². The van der Waals surface area contributed by atoms with Crippen LogP contribution in [-0.2, 0) is 16.4 Å². The molecule has 4 nitrogen and oxygen atoms in total. The molecule has 17 heavy (non-hydrogen) atoms. The van der Waals surface area contributed by atoms with Crippen molar-refractivity contribution in [1.29, 1.82) is 0 Å². The van der Waals surface area contributed by atoms with E-state index in [1.807, 2.05) is 32.0 Å². The highest BCUT2D eigenvalue weighted by atomic mass is 32.2. The van der Waals surface area contributed by atoms with Gasteiger partial charge < -0.3 is 4.74 Å². The lowest BCUT2D eigenvalue weighted by Gasteiger charge is -2.09. The monoisotopic (exact) mass is 257 g/mol. The number of hydrogen-bond donors (Lipinski definition) is 1. The van der Waals surface area contributed by atoms with Crippen LogP contribution in [0.5, 0.6) is 5.75 Å². The Balaban J connectivity index is 2.58. The number of hydrogen-bond acceptors (Lipinski definition) is 3. The van der Waals surface area contributed by atoms with E-state index in [2.05, 4.69) is 4.72 Å². The molecular formula is C12H19NO3S. The van der Waals surface area contributed by atoms with Crippen LogP contribution in [0.2, 0.25) is 0 Å². The van der Waals surface area contributed by atoms with E-state index in [1.165, 1.54) is 0 Å². The second-order valence-electron chi connectivity index (χ2n) is 3.95. The standard InChI is InChI=1S/C12H19NO3S/c1-4-16-12-6-5-11(9-10(12)2)7-8-13-17(3,14)15/h5-6,9,13H,4,7-8H2,1-3H3. The second-order valence-corrected chi connectivity index (χ2v) is 5.78. The van der Waals surface area contributed by atoms with Crippen molar-refractivity contribution in [1.82, 2.24) is 4.72 Å². The highest BCUT2D eigenvalue weighted by Gasteiger charge is 2.03. The first-order valence-corrected chi connectivity index (χ1v) is 7.48. The van der Waals surface area contributed by atoms with Crippen molar-refractivity contribution < 1.29 is 13.2 Å². The topological polar surface area (TPSA) is 55.4 Å². The average Bonchev–Trinajstić information content (AvgIpc) is 2.20. The fraction of sp³-hybridized carbons (Fsp3) is 0.500. The molecule has 0 amide bonds. The van der Waals surface area contributed by atoms with Crippen LogP contribution < -0.4 is 9.46 Å². The van der Waals surface area contributed by atoms with Gasteiger partial charge in [-0.05, 0) is 37.5 Å². The first-order chi connectivity index (χ1) is 7.92. The molecule has 5 heteroatoms. The molecule has 0 heterocycles. The van der Waals surface area contributed by atoms with Crippen LogP contribution in [0.25, 0.3) is 0 Å². The van der Waals surface area contributed by atoms with Crippen LogP contribution in [0.4, 0.5) is 0 Å². The Kier molecular flexibility index (Phi) is 4.96. The van der Waals surface area contributed by atoms with Gasteiger partial charge in [0.1, 0.15) is 5.75 Å². The summed E-state index contributed by atoms with van der Waals surface area (Å²) in [5.74, 6) is 0.882. The van der Waals surface area contributed by atoms with Crippen molar-refractivity contribution in [2.45, 2.75) is 20.3 Å². The maximum Gasteiger partial charge on any atom is 0.208 e. The molecule has 0 fully saturated rings. The number of rotatable bonds is 6. The lowest BCUT2D eigenvalue weighted by molar-refractivity contribution is 0.338. The van der Waals surface area contributed by atoms with Crippen LogP contribution in [0.1, 0.15) is 18.1 Å². The third-order valence-electron chi connectivity index (χ3n) is 2.32. The molecule has 1 rings (SSSR count). The minimum atomic E-state index is -3.10. The van der Waals surface area contributed by atoms with Crippen LogP contribution in [0.3, 0.4) is 0 Å². The van der Waals surface area contributed by atoms with Gasteiger partial charge in [-0.15, -0.1) is 0 Å². The quantitative estimate of drug-likeness (QED) is 0.840. The molecule has 0 aromatic heterocycles. The maximum absolute atomic E-state index is 10.9. The Bertz CT molecular complexity index is 469. The van der Waals surface area contributed by atoms with Gasteiger partial charge in [0.2, 0.25) is 10.0 Å². The van der Waals surface area contributed by atoms with Crippen molar-refractivity contribution in [2.24, 2.45) is 0 Å². The summed E-state index contributed by atoms with van der Waals surface area (Å²) in [4.78, 5) is 0. The molecule has 0 bridgehead atoms. The molecule has 0 aliphatic rings.